The van der Waals surface area contributed by atoms with Crippen LogP contribution < -0.4 is 19.7 Å². The summed E-state index contributed by atoms with van der Waals surface area (Å²) in [6.45, 7) is 0.0413. The second-order valence-electron chi connectivity index (χ2n) is 10.4. The summed E-state index contributed by atoms with van der Waals surface area (Å²) < 4.78 is 57.5. The Labute approximate surface area is 241 Å². The van der Waals surface area contributed by atoms with Crippen molar-refractivity contribution in [3.63, 3.8) is 0 Å². The third kappa shape index (κ3) is 5.49. The van der Waals surface area contributed by atoms with E-state index in [4.69, 9.17) is 13.9 Å². The maximum atomic E-state index is 13.2. The van der Waals surface area contributed by atoms with Crippen molar-refractivity contribution in [2.45, 2.75) is 24.8 Å². The molecule has 0 radical (unpaired) electrons. The number of cyclic esters (lactones) is 1. The van der Waals surface area contributed by atoms with Crippen LogP contribution in [0.3, 0.4) is 0 Å². The van der Waals surface area contributed by atoms with Crippen molar-refractivity contribution < 1.29 is 36.3 Å². The van der Waals surface area contributed by atoms with Crippen molar-refractivity contribution in [1.82, 2.24) is 10.6 Å². The Morgan fingerprint density at radius 1 is 1.10 bits per heavy atom. The van der Waals surface area contributed by atoms with Crippen molar-refractivity contribution >= 4 is 38.7 Å². The van der Waals surface area contributed by atoms with Gasteiger partial charge in [0.1, 0.15) is 35.3 Å². The summed E-state index contributed by atoms with van der Waals surface area (Å²) in [6.07, 6.45) is 2.29. The Morgan fingerprint density at radius 2 is 1.76 bits per heavy atom. The highest BCUT2D eigenvalue weighted by molar-refractivity contribution is 7.92. The molecule has 3 aromatic carbocycles. The number of carbonyl (C=O) groups excluding carboxylic acids is 2. The molecule has 2 heterocycles. The molecule has 12 heteroatoms. The fourth-order valence-corrected chi connectivity index (χ4v) is 6.06. The predicted molar refractivity (Wildman–Crippen MR) is 154 cm³/mol. The largest absolute Gasteiger partial charge is 0.457 e. The minimum atomic E-state index is -3.76. The molecule has 10 nitrogen and oxygen atoms in total. The minimum absolute atomic E-state index is 0.0127. The van der Waals surface area contributed by atoms with Gasteiger partial charge in [-0.3, -0.25) is 9.10 Å². The summed E-state index contributed by atoms with van der Waals surface area (Å²) in [6, 6.07) is 15.6. The molecule has 218 valence electrons. The van der Waals surface area contributed by atoms with Gasteiger partial charge >= 0.3 is 6.09 Å². The minimum Gasteiger partial charge on any atom is -0.457 e. The van der Waals surface area contributed by atoms with Crippen LogP contribution in [0.4, 0.5) is 14.9 Å². The van der Waals surface area contributed by atoms with E-state index in [0.29, 0.717) is 45.0 Å². The molecule has 2 N–H and O–H groups in total. The molecule has 42 heavy (non-hydrogen) atoms. The summed E-state index contributed by atoms with van der Waals surface area (Å²) in [5.41, 5.74) is 2.52. The number of nitrogens with zero attached hydrogens (tertiary/aromatic N) is 1. The number of halogens is 1. The number of anilines is 1. The molecule has 0 spiro atoms. The van der Waals surface area contributed by atoms with Gasteiger partial charge in [-0.05, 0) is 78.9 Å². The number of furan rings is 1. The van der Waals surface area contributed by atoms with Crippen LogP contribution in [0.25, 0.3) is 22.3 Å². The molecule has 1 aliphatic heterocycles. The first-order valence-corrected chi connectivity index (χ1v) is 15.2. The van der Waals surface area contributed by atoms with Gasteiger partial charge in [-0.15, -0.1) is 0 Å². The van der Waals surface area contributed by atoms with E-state index in [0.717, 1.165) is 24.7 Å². The monoisotopic (exact) mass is 593 g/mol. The molecule has 4 aromatic rings. The maximum absolute atomic E-state index is 13.2. The average molecular weight is 594 g/mol. The van der Waals surface area contributed by atoms with E-state index in [2.05, 4.69) is 10.6 Å². The number of alkyl carbamates (subject to hydrolysis) is 1. The van der Waals surface area contributed by atoms with Crippen molar-refractivity contribution in [2.24, 2.45) is 0 Å². The summed E-state index contributed by atoms with van der Waals surface area (Å²) in [4.78, 5) is 24.8. The molecular formula is C30H28FN3O7S. The Hall–Kier alpha value is -4.58. The number of nitrogens with one attached hydrogen (secondary N) is 2. The molecule has 1 atom stereocenters. The molecule has 1 unspecified atom stereocenters. The van der Waals surface area contributed by atoms with Crippen LogP contribution in [0.15, 0.2) is 65.1 Å². The number of sulfonamides is 1. The van der Waals surface area contributed by atoms with Gasteiger partial charge in [0.05, 0.1) is 30.1 Å². The van der Waals surface area contributed by atoms with Gasteiger partial charge in [0.25, 0.3) is 5.91 Å². The van der Waals surface area contributed by atoms with Crippen LogP contribution in [0.1, 0.15) is 34.7 Å². The van der Waals surface area contributed by atoms with Gasteiger partial charge in [0.15, 0.2) is 0 Å². The molecular weight excluding hydrogens is 565 g/mol. The molecule has 1 aromatic heterocycles. The highest BCUT2D eigenvalue weighted by atomic mass is 32.2. The number of ether oxygens (including phenoxy) is 2. The molecule has 6 rings (SSSR count). The lowest BCUT2D eigenvalue weighted by atomic mass is 10.00. The predicted octanol–water partition coefficient (Wildman–Crippen LogP) is 5.14. The van der Waals surface area contributed by atoms with E-state index in [-0.39, 0.29) is 30.8 Å². The second kappa shape index (κ2) is 10.7. The lowest BCUT2D eigenvalue weighted by Crippen LogP contribution is -2.43. The SMILES string of the molecule is CNC(=O)c1c(-c2ccc(Oc3ccc(F)cc3)cc2)oc2cc(N(CC3COC(=O)N3)S(C)(=O)=O)c(C3CC3)cc12. The highest BCUT2D eigenvalue weighted by Crippen LogP contribution is 2.48. The van der Waals surface area contributed by atoms with Crippen LogP contribution >= 0.6 is 0 Å². The van der Waals surface area contributed by atoms with Crippen LogP contribution in [-0.4, -0.2) is 52.9 Å². The smallest absolute Gasteiger partial charge is 0.407 e. The summed E-state index contributed by atoms with van der Waals surface area (Å²) in [7, 11) is -2.23. The van der Waals surface area contributed by atoms with Gasteiger partial charge in [-0.1, -0.05) is 0 Å². The molecule has 1 saturated heterocycles. The van der Waals surface area contributed by atoms with Gasteiger partial charge in [0.2, 0.25) is 10.0 Å². The molecule has 0 bridgehead atoms. The average Bonchev–Trinajstić information content (AvgIpc) is 3.62. The van der Waals surface area contributed by atoms with Crippen molar-refractivity contribution in [3.8, 4) is 22.8 Å². The zero-order chi connectivity index (χ0) is 29.6. The van der Waals surface area contributed by atoms with E-state index >= 15 is 0 Å². The van der Waals surface area contributed by atoms with Gasteiger partial charge in [-0.2, -0.15) is 0 Å². The number of hydrogen-bond donors (Lipinski definition) is 2. The molecule has 1 saturated carbocycles. The Morgan fingerprint density at radius 3 is 2.33 bits per heavy atom. The first-order chi connectivity index (χ1) is 20.1. The number of amides is 2. The van der Waals surface area contributed by atoms with Gasteiger partial charge < -0.3 is 24.5 Å². The fraction of sp³-hybridized carbons (Fsp3) is 0.267. The maximum Gasteiger partial charge on any atom is 0.407 e. The number of fused-ring (bicyclic) bond motifs is 1. The van der Waals surface area contributed by atoms with Crippen LogP contribution in [-0.2, 0) is 14.8 Å². The van der Waals surface area contributed by atoms with E-state index < -0.39 is 22.2 Å². The Kier molecular flexibility index (Phi) is 7.01. The normalized spacial score (nSPS) is 16.6. The Bertz CT molecular complexity index is 1780. The number of benzene rings is 3. The molecule has 1 aliphatic carbocycles. The molecule has 2 amide bonds. The Balaban J connectivity index is 1.42. The van der Waals surface area contributed by atoms with Crippen LogP contribution in [0.5, 0.6) is 11.5 Å². The number of carbonyl (C=O) groups is 2. The number of rotatable bonds is 9. The lowest BCUT2D eigenvalue weighted by Gasteiger charge is -2.27. The van der Waals surface area contributed by atoms with E-state index in [1.165, 1.54) is 35.6 Å². The van der Waals surface area contributed by atoms with Gasteiger partial charge in [0, 0.05) is 24.1 Å². The second-order valence-corrected chi connectivity index (χ2v) is 12.3. The lowest BCUT2D eigenvalue weighted by molar-refractivity contribution is 0.0964. The number of hydrogen-bond acceptors (Lipinski definition) is 7. The fourth-order valence-electron chi connectivity index (χ4n) is 5.09. The third-order valence-corrected chi connectivity index (χ3v) is 8.41. The summed E-state index contributed by atoms with van der Waals surface area (Å²) in [5.74, 6) is 0.707. The van der Waals surface area contributed by atoms with Crippen molar-refractivity contribution in [2.75, 3.05) is 30.8 Å². The van der Waals surface area contributed by atoms with Crippen LogP contribution in [0, 0.1) is 5.82 Å². The topological polar surface area (TPSA) is 127 Å². The molecule has 2 aliphatic rings. The quantitative estimate of drug-likeness (QED) is 0.275. The third-order valence-electron chi connectivity index (χ3n) is 7.27. The van der Waals surface area contributed by atoms with Crippen LogP contribution in [0.2, 0.25) is 0 Å². The van der Waals surface area contributed by atoms with Gasteiger partial charge in [-0.25, -0.2) is 17.6 Å². The zero-order valence-corrected chi connectivity index (χ0v) is 23.7. The standard InChI is InChI=1S/C30H28FN3O7S/c1-32-29(35)27-24-13-23(17-3-4-17)25(34(42(2,37)38)15-20-16-39-30(36)33-20)14-26(24)41-28(27)18-5-9-21(10-6-18)40-22-11-7-19(31)8-12-22/h5-14,17,20H,3-4,15-16H2,1-2H3,(H,32,35)(H,33,36). The van der Waals surface area contributed by atoms with E-state index in [1.54, 1.807) is 30.3 Å². The highest BCUT2D eigenvalue weighted by Gasteiger charge is 2.35. The van der Waals surface area contributed by atoms with Crippen molar-refractivity contribution in [1.29, 1.82) is 0 Å². The van der Waals surface area contributed by atoms with E-state index in [1.807, 2.05) is 6.07 Å². The molecule has 2 fully saturated rings. The van der Waals surface area contributed by atoms with Crippen molar-refractivity contribution in [3.05, 3.63) is 77.6 Å². The summed E-state index contributed by atoms with van der Waals surface area (Å²) in [5, 5.41) is 5.88. The first kappa shape index (κ1) is 27.6. The zero-order valence-electron chi connectivity index (χ0n) is 22.8. The summed E-state index contributed by atoms with van der Waals surface area (Å²) >= 11 is 0. The first-order valence-electron chi connectivity index (χ1n) is 13.4. The van der Waals surface area contributed by atoms with E-state index in [9.17, 15) is 22.4 Å².